The fraction of sp³-hybridized carbons (Fsp3) is 0.838. The number of carbonyl (C=O) groups excluding carboxylic acids is 3. The Morgan fingerprint density at radius 3 is 0.838 bits per heavy atom. The maximum atomic E-state index is 12.9. The second kappa shape index (κ2) is 62.9. The number of hydrogen-bond acceptors (Lipinski definition) is 6. The number of unbranched alkanes of at least 4 members (excludes halogenated alkanes) is 41. The lowest BCUT2D eigenvalue weighted by atomic mass is 10.0. The summed E-state index contributed by atoms with van der Waals surface area (Å²) in [5.74, 6) is -0.872. The molecule has 0 fully saturated rings. The van der Waals surface area contributed by atoms with Crippen LogP contribution in [0.4, 0.5) is 0 Å². The molecule has 6 heteroatoms. The number of allylic oxidation sites excluding steroid dienone is 8. The van der Waals surface area contributed by atoms with E-state index in [4.69, 9.17) is 14.2 Å². The number of carbonyl (C=O) groups is 3. The maximum absolute atomic E-state index is 12.9. The Bertz CT molecular complexity index is 1280. The van der Waals surface area contributed by atoms with Crippen LogP contribution in [0.3, 0.4) is 0 Å². The molecule has 1 atom stereocenters. The fourth-order valence-corrected chi connectivity index (χ4v) is 9.59. The first-order valence-corrected chi connectivity index (χ1v) is 32.6. The first kappa shape index (κ1) is 71.4. The molecule has 0 saturated heterocycles. The zero-order valence-corrected chi connectivity index (χ0v) is 49.6. The summed E-state index contributed by atoms with van der Waals surface area (Å²) in [5.41, 5.74) is 0. The van der Waals surface area contributed by atoms with E-state index in [0.717, 1.165) is 77.0 Å². The third-order valence-electron chi connectivity index (χ3n) is 14.5. The van der Waals surface area contributed by atoms with Crippen LogP contribution in [0.15, 0.2) is 48.6 Å². The average molecular weight is 1040 g/mol. The van der Waals surface area contributed by atoms with Crippen molar-refractivity contribution in [3.63, 3.8) is 0 Å². The van der Waals surface area contributed by atoms with E-state index in [9.17, 15) is 14.4 Å². The van der Waals surface area contributed by atoms with Crippen LogP contribution in [-0.4, -0.2) is 37.2 Å². The predicted molar refractivity (Wildman–Crippen MR) is 321 cm³/mol. The first-order valence-electron chi connectivity index (χ1n) is 32.6. The smallest absolute Gasteiger partial charge is 0.306 e. The highest BCUT2D eigenvalue weighted by atomic mass is 16.6. The second-order valence-electron chi connectivity index (χ2n) is 22.0. The van der Waals surface area contributed by atoms with Gasteiger partial charge in [-0.05, 0) is 96.3 Å². The monoisotopic (exact) mass is 1040 g/mol. The van der Waals surface area contributed by atoms with E-state index in [1.807, 2.05) is 0 Å². The highest BCUT2D eigenvalue weighted by Gasteiger charge is 2.19. The van der Waals surface area contributed by atoms with Crippen LogP contribution in [0.2, 0.25) is 0 Å². The van der Waals surface area contributed by atoms with Crippen LogP contribution in [0.1, 0.15) is 348 Å². The Morgan fingerprint density at radius 2 is 0.514 bits per heavy atom. The lowest BCUT2D eigenvalue weighted by Gasteiger charge is -2.18. The molecule has 0 radical (unpaired) electrons. The van der Waals surface area contributed by atoms with E-state index < -0.39 is 6.10 Å². The highest BCUT2D eigenvalue weighted by molar-refractivity contribution is 5.71. The number of rotatable bonds is 60. The summed E-state index contributed by atoms with van der Waals surface area (Å²) in [5, 5.41) is 0. The molecular weight excluding hydrogens is 913 g/mol. The van der Waals surface area contributed by atoms with Crippen molar-refractivity contribution in [3.8, 4) is 0 Å². The molecule has 0 rings (SSSR count). The van der Waals surface area contributed by atoms with Gasteiger partial charge >= 0.3 is 17.9 Å². The minimum Gasteiger partial charge on any atom is -0.462 e. The van der Waals surface area contributed by atoms with Crippen LogP contribution in [0.5, 0.6) is 0 Å². The molecule has 6 nitrogen and oxygen atoms in total. The maximum Gasteiger partial charge on any atom is 0.306 e. The minimum atomic E-state index is -0.777. The summed E-state index contributed by atoms with van der Waals surface area (Å²) in [6.07, 6.45) is 78.5. The summed E-state index contributed by atoms with van der Waals surface area (Å²) in [6.45, 7) is 6.59. The average Bonchev–Trinajstić information content (AvgIpc) is 3.40. The van der Waals surface area contributed by atoms with Crippen molar-refractivity contribution in [1.82, 2.24) is 0 Å². The van der Waals surface area contributed by atoms with E-state index >= 15 is 0 Å². The summed E-state index contributed by atoms with van der Waals surface area (Å²) in [4.78, 5) is 38.2. The van der Waals surface area contributed by atoms with Gasteiger partial charge in [0, 0.05) is 19.3 Å². The van der Waals surface area contributed by atoms with Gasteiger partial charge in [0.2, 0.25) is 0 Å². The third kappa shape index (κ3) is 60.2. The normalized spacial score (nSPS) is 12.3. The van der Waals surface area contributed by atoms with Gasteiger partial charge in [0.1, 0.15) is 13.2 Å². The molecule has 0 aliphatic rings. The molecule has 432 valence electrons. The topological polar surface area (TPSA) is 78.9 Å². The largest absolute Gasteiger partial charge is 0.462 e. The molecule has 74 heavy (non-hydrogen) atoms. The van der Waals surface area contributed by atoms with E-state index in [0.29, 0.717) is 19.3 Å². The van der Waals surface area contributed by atoms with Crippen LogP contribution in [-0.2, 0) is 28.6 Å². The fourth-order valence-electron chi connectivity index (χ4n) is 9.59. The van der Waals surface area contributed by atoms with Gasteiger partial charge in [-0.2, -0.15) is 0 Å². The van der Waals surface area contributed by atoms with Gasteiger partial charge in [0.05, 0.1) is 0 Å². The number of esters is 3. The molecule has 0 N–H and O–H groups in total. The summed E-state index contributed by atoms with van der Waals surface area (Å²) >= 11 is 0. The van der Waals surface area contributed by atoms with Crippen molar-refractivity contribution in [2.45, 2.75) is 354 Å². The Hall–Kier alpha value is -2.63. The van der Waals surface area contributed by atoms with Crippen LogP contribution < -0.4 is 0 Å². The molecule has 0 heterocycles. The number of hydrogen-bond donors (Lipinski definition) is 0. The lowest BCUT2D eigenvalue weighted by Crippen LogP contribution is -2.30. The lowest BCUT2D eigenvalue weighted by molar-refractivity contribution is -0.167. The highest BCUT2D eigenvalue weighted by Crippen LogP contribution is 2.17. The van der Waals surface area contributed by atoms with E-state index in [1.54, 1.807) is 0 Å². The molecule has 0 saturated carbocycles. The van der Waals surface area contributed by atoms with Crippen molar-refractivity contribution >= 4 is 17.9 Å². The molecule has 0 aromatic heterocycles. The van der Waals surface area contributed by atoms with Crippen molar-refractivity contribution in [3.05, 3.63) is 48.6 Å². The quantitative estimate of drug-likeness (QED) is 0.0261. The van der Waals surface area contributed by atoms with Gasteiger partial charge in [-0.1, -0.05) is 281 Å². The Labute approximate surface area is 460 Å². The van der Waals surface area contributed by atoms with Gasteiger partial charge in [-0.3, -0.25) is 14.4 Å². The van der Waals surface area contributed by atoms with Crippen LogP contribution in [0, 0.1) is 0 Å². The van der Waals surface area contributed by atoms with Crippen molar-refractivity contribution < 1.29 is 28.6 Å². The summed E-state index contributed by atoms with van der Waals surface area (Å²) < 4.78 is 16.9. The number of ether oxygens (including phenoxy) is 3. The SMILES string of the molecule is CCC/C=C\CCCCCCCC(=O)OCC(COC(=O)CCCCCCCCCCCCCCCCC/C=C\CCCCCCCCCC)OC(=O)CCCCCCCCCCC/C=C\C/C=C\CCCCC. The molecule has 0 amide bonds. The van der Waals surface area contributed by atoms with Gasteiger partial charge in [-0.25, -0.2) is 0 Å². The molecule has 0 aliphatic carbocycles. The zero-order valence-electron chi connectivity index (χ0n) is 49.6. The van der Waals surface area contributed by atoms with Gasteiger partial charge in [0.15, 0.2) is 6.10 Å². The second-order valence-corrected chi connectivity index (χ2v) is 22.0. The molecule has 0 aromatic rings. The van der Waals surface area contributed by atoms with Gasteiger partial charge in [-0.15, -0.1) is 0 Å². The van der Waals surface area contributed by atoms with E-state index in [2.05, 4.69) is 69.4 Å². The van der Waals surface area contributed by atoms with Crippen molar-refractivity contribution in [2.24, 2.45) is 0 Å². The van der Waals surface area contributed by atoms with E-state index in [1.165, 1.54) is 231 Å². The van der Waals surface area contributed by atoms with Gasteiger partial charge in [0.25, 0.3) is 0 Å². The van der Waals surface area contributed by atoms with Crippen LogP contribution >= 0.6 is 0 Å². The van der Waals surface area contributed by atoms with E-state index in [-0.39, 0.29) is 31.1 Å². The van der Waals surface area contributed by atoms with Crippen molar-refractivity contribution in [1.29, 1.82) is 0 Å². The molecule has 1 unspecified atom stereocenters. The molecule has 0 aromatic carbocycles. The Kier molecular flexibility index (Phi) is 60.7. The minimum absolute atomic E-state index is 0.0747. The van der Waals surface area contributed by atoms with Crippen molar-refractivity contribution in [2.75, 3.05) is 13.2 Å². The summed E-state index contributed by atoms with van der Waals surface area (Å²) in [7, 11) is 0. The predicted octanol–water partition coefficient (Wildman–Crippen LogP) is 22.2. The van der Waals surface area contributed by atoms with Gasteiger partial charge < -0.3 is 14.2 Å². The Balaban J connectivity index is 4.17. The molecule has 0 spiro atoms. The first-order chi connectivity index (χ1) is 36.5. The molecule has 0 bridgehead atoms. The Morgan fingerprint density at radius 1 is 0.270 bits per heavy atom. The third-order valence-corrected chi connectivity index (χ3v) is 14.5. The molecular formula is C68H124O6. The van der Waals surface area contributed by atoms with Crippen LogP contribution in [0.25, 0.3) is 0 Å². The summed E-state index contributed by atoms with van der Waals surface area (Å²) in [6, 6.07) is 0. The molecule has 0 aliphatic heterocycles. The standard InChI is InChI=1S/C68H124O6/c1-4-7-10-13-16-19-22-24-26-28-30-31-32-33-34-35-36-37-39-40-42-44-46-49-52-55-58-61-67(70)73-64-65(63-72-66(69)60-57-54-51-48-21-18-15-12-9-6-3)74-68(71)62-59-56-53-50-47-45-43-41-38-29-27-25-23-20-17-14-11-8-5-2/h12,15,17,20,25,27-28,30,65H,4-11,13-14,16,18-19,21-24,26,29,31-64H2,1-3H3/b15-12-,20-17-,27-25-,30-28-. The zero-order chi connectivity index (χ0) is 53.6.